The molecule has 0 spiro atoms. The van der Waals surface area contributed by atoms with Crippen LogP contribution in [0.4, 0.5) is 0 Å². The van der Waals surface area contributed by atoms with Crippen molar-refractivity contribution in [3.63, 3.8) is 0 Å². The van der Waals surface area contributed by atoms with Crippen LogP contribution in [0, 0.1) is 25.7 Å². The highest BCUT2D eigenvalue weighted by Crippen LogP contribution is 2.30. The van der Waals surface area contributed by atoms with Crippen LogP contribution in [0.25, 0.3) is 0 Å². The topological polar surface area (TPSA) is 3.24 Å². The lowest BCUT2D eigenvalue weighted by Gasteiger charge is -2.19. The van der Waals surface area contributed by atoms with Crippen molar-refractivity contribution in [1.82, 2.24) is 4.90 Å². The fourth-order valence-corrected chi connectivity index (χ4v) is 3.02. The van der Waals surface area contributed by atoms with Gasteiger partial charge >= 0.3 is 0 Å². The fraction of sp³-hybridized carbons (Fsp3) is 0.391. The molecule has 0 fully saturated rings. The maximum atomic E-state index is 3.44. The van der Waals surface area contributed by atoms with E-state index in [-0.39, 0.29) is 12.4 Å². The first-order valence-corrected chi connectivity index (χ1v) is 8.95. The first-order valence-electron chi connectivity index (χ1n) is 8.95. The Morgan fingerprint density at radius 3 is 2.24 bits per heavy atom. The predicted octanol–water partition coefficient (Wildman–Crippen LogP) is 5.59. The number of hydrogen-bond donors (Lipinski definition) is 0. The van der Waals surface area contributed by atoms with Gasteiger partial charge in [-0.3, -0.25) is 4.90 Å². The molecule has 0 bridgehead atoms. The molecule has 0 saturated carbocycles. The normalized spacial score (nSPS) is 11.4. The van der Waals surface area contributed by atoms with Crippen LogP contribution in [0.5, 0.6) is 0 Å². The molecular weight excluding hydrogens is 326 g/mol. The molecule has 0 amide bonds. The van der Waals surface area contributed by atoms with Gasteiger partial charge in [-0.25, -0.2) is 0 Å². The molecule has 25 heavy (non-hydrogen) atoms. The second-order valence-electron chi connectivity index (χ2n) is 6.34. The largest absolute Gasteiger partial charge is 0.293 e. The van der Waals surface area contributed by atoms with Crippen molar-refractivity contribution >= 4 is 12.4 Å². The van der Waals surface area contributed by atoms with Gasteiger partial charge in [0.1, 0.15) is 0 Å². The van der Waals surface area contributed by atoms with E-state index in [0.29, 0.717) is 5.92 Å². The summed E-state index contributed by atoms with van der Waals surface area (Å²) in [5, 5.41) is 0. The van der Waals surface area contributed by atoms with Crippen LogP contribution < -0.4 is 0 Å². The standard InChI is InChI=1S/C23H29N.ClH/c1-5-24(6-2)17-11-10-14-22(21-12-8-7-9-13-21)23-18-19(3)15-16-20(23)4;/h7-9,12-13,15-16,18,22H,5-6,14,17H2,1-4H3;1H. The lowest BCUT2D eigenvalue weighted by molar-refractivity contribution is 0.342. The highest BCUT2D eigenvalue weighted by atomic mass is 35.5. The zero-order valence-corrected chi connectivity index (χ0v) is 16.7. The Hall–Kier alpha value is -1.75. The summed E-state index contributed by atoms with van der Waals surface area (Å²) in [7, 11) is 0. The minimum atomic E-state index is 0. The van der Waals surface area contributed by atoms with Gasteiger partial charge in [0.15, 0.2) is 0 Å². The van der Waals surface area contributed by atoms with Gasteiger partial charge in [-0.05, 0) is 43.6 Å². The molecule has 1 nitrogen and oxygen atoms in total. The average molecular weight is 356 g/mol. The van der Waals surface area contributed by atoms with E-state index in [0.717, 1.165) is 26.1 Å². The highest BCUT2D eigenvalue weighted by Gasteiger charge is 2.15. The lowest BCUT2D eigenvalue weighted by atomic mass is 9.85. The summed E-state index contributed by atoms with van der Waals surface area (Å²) in [5.74, 6) is 7.15. The zero-order chi connectivity index (χ0) is 17.4. The Labute approximate surface area is 159 Å². The molecular formula is C23H30ClN. The second-order valence-corrected chi connectivity index (χ2v) is 6.34. The van der Waals surface area contributed by atoms with Crippen LogP contribution in [0.2, 0.25) is 0 Å². The van der Waals surface area contributed by atoms with E-state index in [4.69, 9.17) is 0 Å². The Kier molecular flexibility index (Phi) is 9.35. The number of nitrogens with zero attached hydrogens (tertiary/aromatic N) is 1. The molecule has 0 aliphatic carbocycles. The zero-order valence-electron chi connectivity index (χ0n) is 15.9. The van der Waals surface area contributed by atoms with Gasteiger partial charge in [-0.15, -0.1) is 18.3 Å². The van der Waals surface area contributed by atoms with Crippen LogP contribution in [0.1, 0.15) is 48.4 Å². The van der Waals surface area contributed by atoms with Crippen molar-refractivity contribution in [1.29, 1.82) is 0 Å². The lowest BCUT2D eigenvalue weighted by Crippen LogP contribution is -2.22. The van der Waals surface area contributed by atoms with Crippen LogP contribution >= 0.6 is 12.4 Å². The van der Waals surface area contributed by atoms with E-state index >= 15 is 0 Å². The van der Waals surface area contributed by atoms with Crippen molar-refractivity contribution < 1.29 is 0 Å². The molecule has 0 heterocycles. The average Bonchev–Trinajstić information content (AvgIpc) is 2.61. The van der Waals surface area contributed by atoms with Gasteiger partial charge in [0.05, 0.1) is 6.54 Å². The molecule has 134 valence electrons. The van der Waals surface area contributed by atoms with Gasteiger partial charge in [-0.1, -0.05) is 73.9 Å². The van der Waals surface area contributed by atoms with Gasteiger partial charge in [0, 0.05) is 12.3 Å². The molecule has 0 aromatic heterocycles. The number of hydrogen-bond acceptors (Lipinski definition) is 1. The number of benzene rings is 2. The van der Waals surface area contributed by atoms with Crippen LogP contribution in [-0.2, 0) is 0 Å². The van der Waals surface area contributed by atoms with E-state index in [9.17, 15) is 0 Å². The maximum Gasteiger partial charge on any atom is 0.0601 e. The summed E-state index contributed by atoms with van der Waals surface area (Å²) >= 11 is 0. The smallest absolute Gasteiger partial charge is 0.0601 e. The predicted molar refractivity (Wildman–Crippen MR) is 112 cm³/mol. The van der Waals surface area contributed by atoms with E-state index in [1.807, 2.05) is 0 Å². The first-order chi connectivity index (χ1) is 11.7. The van der Waals surface area contributed by atoms with Crippen molar-refractivity contribution in [2.75, 3.05) is 19.6 Å². The van der Waals surface area contributed by atoms with Crippen molar-refractivity contribution in [2.24, 2.45) is 0 Å². The fourth-order valence-electron chi connectivity index (χ4n) is 3.02. The Morgan fingerprint density at radius 2 is 1.60 bits per heavy atom. The number of rotatable bonds is 6. The van der Waals surface area contributed by atoms with Gasteiger partial charge < -0.3 is 0 Å². The molecule has 2 heteroatoms. The minimum absolute atomic E-state index is 0. The molecule has 1 unspecified atom stereocenters. The molecule has 0 aliphatic heterocycles. The van der Waals surface area contributed by atoms with E-state index in [1.54, 1.807) is 0 Å². The summed E-state index contributed by atoms with van der Waals surface area (Å²) in [5.41, 5.74) is 5.41. The Balaban J connectivity index is 0.00000312. The van der Waals surface area contributed by atoms with E-state index < -0.39 is 0 Å². The summed E-state index contributed by atoms with van der Waals surface area (Å²) in [6.45, 7) is 11.7. The number of halogens is 1. The molecule has 1 atom stereocenters. The van der Waals surface area contributed by atoms with Gasteiger partial charge in [0.25, 0.3) is 0 Å². The van der Waals surface area contributed by atoms with Crippen molar-refractivity contribution in [3.8, 4) is 11.8 Å². The van der Waals surface area contributed by atoms with E-state index in [1.165, 1.54) is 22.3 Å². The molecule has 0 aliphatic rings. The van der Waals surface area contributed by atoms with Crippen molar-refractivity contribution in [2.45, 2.75) is 40.0 Å². The molecule has 2 aromatic carbocycles. The van der Waals surface area contributed by atoms with E-state index in [2.05, 4.69) is 93.0 Å². The van der Waals surface area contributed by atoms with Crippen molar-refractivity contribution in [3.05, 3.63) is 70.8 Å². The third-order valence-corrected chi connectivity index (χ3v) is 4.64. The van der Waals surface area contributed by atoms with Crippen LogP contribution in [0.15, 0.2) is 48.5 Å². The van der Waals surface area contributed by atoms with Crippen LogP contribution in [-0.4, -0.2) is 24.5 Å². The Morgan fingerprint density at radius 1 is 0.920 bits per heavy atom. The second kappa shape index (κ2) is 11.0. The third kappa shape index (κ3) is 6.24. The molecule has 0 saturated heterocycles. The first kappa shape index (κ1) is 21.3. The Bertz CT molecular complexity index is 693. The molecule has 2 aromatic rings. The van der Waals surface area contributed by atoms with Crippen LogP contribution in [0.3, 0.4) is 0 Å². The minimum Gasteiger partial charge on any atom is -0.293 e. The molecule has 0 radical (unpaired) electrons. The van der Waals surface area contributed by atoms with Gasteiger partial charge in [0.2, 0.25) is 0 Å². The third-order valence-electron chi connectivity index (χ3n) is 4.64. The summed E-state index contributed by atoms with van der Waals surface area (Å²) in [6.07, 6.45) is 0.871. The van der Waals surface area contributed by atoms with Gasteiger partial charge in [-0.2, -0.15) is 0 Å². The SMILES string of the molecule is CCN(CC)CC#CCC(c1ccccc1)c1cc(C)ccc1C.Cl. The summed E-state index contributed by atoms with van der Waals surface area (Å²) in [6, 6.07) is 17.5. The summed E-state index contributed by atoms with van der Waals surface area (Å²) < 4.78 is 0. The molecule has 2 rings (SSSR count). The quantitative estimate of drug-likeness (QED) is 0.610. The molecule has 0 N–H and O–H groups in total. The maximum absolute atomic E-state index is 3.44. The highest BCUT2D eigenvalue weighted by molar-refractivity contribution is 5.85. The summed E-state index contributed by atoms with van der Waals surface area (Å²) in [4.78, 5) is 2.35. The monoisotopic (exact) mass is 355 g/mol. The number of aryl methyl sites for hydroxylation is 2.